The van der Waals surface area contributed by atoms with Gasteiger partial charge >= 0.3 is 0 Å². The number of morpholine rings is 1. The van der Waals surface area contributed by atoms with Gasteiger partial charge in [0.25, 0.3) is 5.91 Å². The van der Waals surface area contributed by atoms with E-state index in [1.807, 2.05) is 60.9 Å². The largest absolute Gasteiger partial charge is 0.490 e. The fourth-order valence-electron chi connectivity index (χ4n) is 5.03. The molecule has 2 heterocycles. The number of hydrogen-bond acceptors (Lipinski definition) is 4. The number of amides is 2. The normalized spacial score (nSPS) is 20.6. The predicted octanol–water partition coefficient (Wildman–Crippen LogP) is 4.96. The molecule has 2 aliphatic heterocycles. The van der Waals surface area contributed by atoms with Crippen molar-refractivity contribution >= 4 is 23.4 Å². The van der Waals surface area contributed by atoms with Crippen molar-refractivity contribution in [3.8, 4) is 5.75 Å². The Kier molecular flexibility index (Phi) is 8.02. The smallest absolute Gasteiger partial charge is 0.254 e. The molecule has 6 nitrogen and oxygen atoms in total. The van der Waals surface area contributed by atoms with Gasteiger partial charge in [-0.15, -0.1) is 0 Å². The molecule has 1 atom stereocenters. The van der Waals surface area contributed by atoms with Gasteiger partial charge in [0, 0.05) is 30.2 Å². The third-order valence-corrected chi connectivity index (χ3v) is 7.47. The lowest BCUT2D eigenvalue weighted by Gasteiger charge is -2.43. The second-order valence-electron chi connectivity index (χ2n) is 9.84. The average molecular weight is 499 g/mol. The minimum absolute atomic E-state index is 0.0268. The number of aryl methyl sites for hydroxylation is 3. The van der Waals surface area contributed by atoms with Crippen molar-refractivity contribution in [1.82, 2.24) is 9.80 Å². The van der Waals surface area contributed by atoms with Gasteiger partial charge in [0.15, 0.2) is 0 Å². The molecule has 0 N–H and O–H groups in total. The maximum atomic E-state index is 13.6. The average Bonchev–Trinajstić information content (AvgIpc) is 2.85. The number of rotatable bonds is 6. The highest BCUT2D eigenvalue weighted by Gasteiger charge is 2.43. The molecule has 0 unspecified atom stereocenters. The van der Waals surface area contributed by atoms with Crippen molar-refractivity contribution in [2.45, 2.75) is 52.1 Å². The van der Waals surface area contributed by atoms with Crippen LogP contribution < -0.4 is 4.74 Å². The fourth-order valence-corrected chi connectivity index (χ4v) is 5.14. The molecule has 0 spiro atoms. The number of carbonyl (C=O) groups excluding carboxylic acids is 2. The van der Waals surface area contributed by atoms with E-state index in [1.54, 1.807) is 6.07 Å². The summed E-state index contributed by atoms with van der Waals surface area (Å²) in [4.78, 5) is 30.6. The number of piperidine rings is 1. The van der Waals surface area contributed by atoms with Gasteiger partial charge in [-0.2, -0.15) is 0 Å². The van der Waals surface area contributed by atoms with Gasteiger partial charge in [-0.25, -0.2) is 0 Å². The lowest BCUT2D eigenvalue weighted by molar-refractivity contribution is -0.153. The summed E-state index contributed by atoms with van der Waals surface area (Å²) in [6, 6.07) is 11.4. The summed E-state index contributed by atoms with van der Waals surface area (Å²) >= 11 is 6.17. The Hall–Kier alpha value is -2.57. The Balaban J connectivity index is 1.57. The predicted molar refractivity (Wildman–Crippen MR) is 137 cm³/mol. The van der Waals surface area contributed by atoms with E-state index in [0.717, 1.165) is 54.6 Å². The van der Waals surface area contributed by atoms with Gasteiger partial charge in [0.1, 0.15) is 18.0 Å². The first-order valence-corrected chi connectivity index (χ1v) is 12.8. The number of nitrogens with zero attached hydrogens (tertiary/aromatic N) is 2. The lowest BCUT2D eigenvalue weighted by Crippen LogP contribution is -2.58. The molecule has 4 rings (SSSR count). The summed E-state index contributed by atoms with van der Waals surface area (Å²) in [5.41, 5.74) is 2.61. The van der Waals surface area contributed by atoms with Crippen molar-refractivity contribution in [3.63, 3.8) is 0 Å². The number of benzene rings is 2. The molecule has 188 valence electrons. The molecule has 0 bridgehead atoms. The zero-order valence-corrected chi connectivity index (χ0v) is 21.7. The van der Waals surface area contributed by atoms with Gasteiger partial charge in [0.05, 0.1) is 19.6 Å². The first-order valence-electron chi connectivity index (χ1n) is 12.4. The Morgan fingerprint density at radius 2 is 1.69 bits per heavy atom. The van der Waals surface area contributed by atoms with Crippen LogP contribution in [0.5, 0.6) is 5.75 Å². The minimum Gasteiger partial charge on any atom is -0.490 e. The molecule has 2 aromatic carbocycles. The standard InChI is InChI=1S/C28H35ClN2O4/c1-20-8-7-9-21(2)26(20)27(33)31-14-15-35-28(18-31,17-25(32)30-12-5-4-6-13-30)19-34-23-10-11-24(29)22(3)16-23/h7-11,16H,4-6,12-15,17-19H2,1-3H3/t28-/m1/s1. The van der Waals surface area contributed by atoms with Crippen LogP contribution in [0, 0.1) is 20.8 Å². The summed E-state index contributed by atoms with van der Waals surface area (Å²) in [5, 5.41) is 0.673. The monoisotopic (exact) mass is 498 g/mol. The summed E-state index contributed by atoms with van der Waals surface area (Å²) in [6.07, 6.45) is 3.38. The minimum atomic E-state index is -0.924. The van der Waals surface area contributed by atoms with Gasteiger partial charge in [-0.3, -0.25) is 9.59 Å². The van der Waals surface area contributed by atoms with Crippen LogP contribution in [-0.4, -0.2) is 66.6 Å². The lowest BCUT2D eigenvalue weighted by atomic mass is 9.94. The van der Waals surface area contributed by atoms with Gasteiger partial charge < -0.3 is 19.3 Å². The van der Waals surface area contributed by atoms with Crippen LogP contribution in [0.25, 0.3) is 0 Å². The maximum absolute atomic E-state index is 13.6. The van der Waals surface area contributed by atoms with E-state index in [2.05, 4.69) is 0 Å². The Morgan fingerprint density at radius 1 is 0.971 bits per heavy atom. The van der Waals surface area contributed by atoms with E-state index < -0.39 is 5.60 Å². The number of carbonyl (C=O) groups is 2. The number of halogens is 1. The van der Waals surface area contributed by atoms with Crippen molar-refractivity contribution in [3.05, 3.63) is 63.7 Å². The van der Waals surface area contributed by atoms with Crippen LogP contribution in [0.1, 0.15) is 52.7 Å². The second-order valence-corrected chi connectivity index (χ2v) is 10.3. The Labute approximate surface area is 213 Å². The summed E-state index contributed by atoms with van der Waals surface area (Å²) in [6.45, 7) is 8.69. The highest BCUT2D eigenvalue weighted by Crippen LogP contribution is 2.29. The number of likely N-dealkylation sites (tertiary alicyclic amines) is 1. The van der Waals surface area contributed by atoms with Crippen LogP contribution in [-0.2, 0) is 9.53 Å². The molecule has 2 fully saturated rings. The molecular formula is C28H35ClN2O4. The molecule has 2 aliphatic rings. The SMILES string of the molecule is Cc1cc(OC[C@@]2(CC(=O)N3CCCCC3)CN(C(=O)c3c(C)cccc3C)CCO2)ccc1Cl. The molecule has 2 aromatic rings. The van der Waals surface area contributed by atoms with Gasteiger partial charge in [0.2, 0.25) is 5.91 Å². The molecule has 0 aliphatic carbocycles. The van der Waals surface area contributed by atoms with Crippen molar-refractivity contribution < 1.29 is 19.1 Å². The molecule has 0 radical (unpaired) electrons. The van der Waals surface area contributed by atoms with Crippen LogP contribution in [0.15, 0.2) is 36.4 Å². The van der Waals surface area contributed by atoms with Gasteiger partial charge in [-0.05, 0) is 74.9 Å². The zero-order chi connectivity index (χ0) is 25.0. The van der Waals surface area contributed by atoms with E-state index in [1.165, 1.54) is 0 Å². The van der Waals surface area contributed by atoms with Crippen LogP contribution in [0.2, 0.25) is 5.02 Å². The van der Waals surface area contributed by atoms with Crippen molar-refractivity contribution in [1.29, 1.82) is 0 Å². The maximum Gasteiger partial charge on any atom is 0.254 e. The molecular weight excluding hydrogens is 464 g/mol. The van der Waals surface area contributed by atoms with E-state index in [4.69, 9.17) is 21.1 Å². The third-order valence-electron chi connectivity index (χ3n) is 7.04. The van der Waals surface area contributed by atoms with E-state index in [-0.39, 0.29) is 24.8 Å². The first kappa shape index (κ1) is 25.5. The van der Waals surface area contributed by atoms with E-state index in [9.17, 15) is 9.59 Å². The number of hydrogen-bond donors (Lipinski definition) is 0. The molecule has 2 saturated heterocycles. The van der Waals surface area contributed by atoms with E-state index in [0.29, 0.717) is 30.5 Å². The summed E-state index contributed by atoms with van der Waals surface area (Å²) in [5.74, 6) is 0.696. The fraction of sp³-hybridized carbons (Fsp3) is 0.500. The quantitative estimate of drug-likeness (QED) is 0.565. The Morgan fingerprint density at radius 3 is 2.37 bits per heavy atom. The molecule has 0 aromatic heterocycles. The molecule has 2 amide bonds. The van der Waals surface area contributed by atoms with Crippen molar-refractivity contribution in [2.24, 2.45) is 0 Å². The topological polar surface area (TPSA) is 59.1 Å². The van der Waals surface area contributed by atoms with Crippen LogP contribution in [0.3, 0.4) is 0 Å². The highest BCUT2D eigenvalue weighted by molar-refractivity contribution is 6.31. The molecule has 0 saturated carbocycles. The number of ether oxygens (including phenoxy) is 2. The highest BCUT2D eigenvalue weighted by atomic mass is 35.5. The third kappa shape index (κ3) is 5.99. The van der Waals surface area contributed by atoms with Crippen LogP contribution >= 0.6 is 11.6 Å². The Bertz CT molecular complexity index is 1060. The zero-order valence-electron chi connectivity index (χ0n) is 20.9. The molecule has 35 heavy (non-hydrogen) atoms. The molecule has 7 heteroatoms. The second kappa shape index (κ2) is 11.0. The van der Waals surface area contributed by atoms with Crippen LogP contribution in [0.4, 0.5) is 0 Å². The first-order chi connectivity index (χ1) is 16.8. The summed E-state index contributed by atoms with van der Waals surface area (Å²) < 4.78 is 12.4. The van der Waals surface area contributed by atoms with Gasteiger partial charge in [-0.1, -0.05) is 29.8 Å². The van der Waals surface area contributed by atoms with Crippen molar-refractivity contribution in [2.75, 3.05) is 39.4 Å². The van der Waals surface area contributed by atoms with E-state index >= 15 is 0 Å². The summed E-state index contributed by atoms with van der Waals surface area (Å²) in [7, 11) is 0.